The standard InChI is InChI=1S/C8H10N4O4/c1-4-6(7(13)14)10-11-12(4)3-5-2-9-8(15)16-5/h5H,2-3H2,1H3,(H,9,15)(H,13,14). The first-order valence-corrected chi connectivity index (χ1v) is 4.66. The second-order valence-corrected chi connectivity index (χ2v) is 3.42. The van der Waals surface area contributed by atoms with Gasteiger partial charge in [0, 0.05) is 0 Å². The van der Waals surface area contributed by atoms with E-state index in [1.165, 1.54) is 4.68 Å². The number of carboxylic acids is 1. The molecule has 2 N–H and O–H groups in total. The van der Waals surface area contributed by atoms with Gasteiger partial charge in [0.15, 0.2) is 5.69 Å². The van der Waals surface area contributed by atoms with Gasteiger partial charge in [-0.2, -0.15) is 0 Å². The summed E-state index contributed by atoms with van der Waals surface area (Å²) in [5, 5.41) is 18.5. The highest BCUT2D eigenvalue weighted by Crippen LogP contribution is 2.08. The highest BCUT2D eigenvalue weighted by molar-refractivity contribution is 5.86. The molecular weight excluding hydrogens is 216 g/mol. The molecule has 0 spiro atoms. The molecule has 1 aliphatic rings. The van der Waals surface area contributed by atoms with E-state index in [2.05, 4.69) is 15.6 Å². The minimum atomic E-state index is -1.12. The number of carbonyl (C=O) groups is 2. The summed E-state index contributed by atoms with van der Waals surface area (Å²) in [4.78, 5) is 21.5. The van der Waals surface area contributed by atoms with Crippen LogP contribution in [0.1, 0.15) is 16.2 Å². The first-order valence-electron chi connectivity index (χ1n) is 4.66. The summed E-state index contributed by atoms with van der Waals surface area (Å²) in [6.45, 7) is 2.29. The molecule has 1 fully saturated rings. The molecule has 1 amide bonds. The molecule has 0 aromatic carbocycles. The Morgan fingerprint density at radius 3 is 3.00 bits per heavy atom. The Hall–Kier alpha value is -2.12. The fraction of sp³-hybridized carbons (Fsp3) is 0.500. The summed E-state index contributed by atoms with van der Waals surface area (Å²) >= 11 is 0. The molecule has 0 saturated carbocycles. The van der Waals surface area contributed by atoms with Crippen molar-refractivity contribution >= 4 is 12.1 Å². The fourth-order valence-electron chi connectivity index (χ4n) is 1.46. The largest absolute Gasteiger partial charge is 0.476 e. The number of ether oxygens (including phenoxy) is 1. The van der Waals surface area contributed by atoms with E-state index >= 15 is 0 Å². The number of alkyl carbamates (subject to hydrolysis) is 1. The van der Waals surface area contributed by atoms with E-state index in [0.717, 1.165) is 0 Å². The van der Waals surface area contributed by atoms with Crippen molar-refractivity contribution in [3.05, 3.63) is 11.4 Å². The molecule has 1 aromatic rings. The number of nitrogens with zero attached hydrogens (tertiary/aromatic N) is 3. The number of rotatable bonds is 3. The van der Waals surface area contributed by atoms with Crippen LogP contribution in [-0.2, 0) is 11.3 Å². The molecule has 8 nitrogen and oxygen atoms in total. The van der Waals surface area contributed by atoms with Crippen molar-refractivity contribution in [2.24, 2.45) is 0 Å². The maximum atomic E-state index is 10.8. The molecule has 0 radical (unpaired) electrons. The predicted octanol–water partition coefficient (Wildman–Crippen LogP) is -0.607. The summed E-state index contributed by atoms with van der Waals surface area (Å²) in [5.74, 6) is -1.12. The number of hydrogen-bond acceptors (Lipinski definition) is 5. The third-order valence-corrected chi connectivity index (χ3v) is 2.31. The zero-order chi connectivity index (χ0) is 11.7. The van der Waals surface area contributed by atoms with Crippen molar-refractivity contribution in [3.8, 4) is 0 Å². The molecule has 1 saturated heterocycles. The van der Waals surface area contributed by atoms with Crippen molar-refractivity contribution in [1.29, 1.82) is 0 Å². The van der Waals surface area contributed by atoms with Crippen LogP contribution in [0.3, 0.4) is 0 Å². The molecule has 1 atom stereocenters. The van der Waals surface area contributed by atoms with Gasteiger partial charge in [-0.25, -0.2) is 14.3 Å². The van der Waals surface area contributed by atoms with Crippen LogP contribution in [0.15, 0.2) is 0 Å². The highest BCUT2D eigenvalue weighted by atomic mass is 16.6. The molecule has 0 bridgehead atoms. The quantitative estimate of drug-likeness (QED) is 0.712. The second kappa shape index (κ2) is 3.80. The molecule has 0 aliphatic carbocycles. The van der Waals surface area contributed by atoms with Crippen LogP contribution in [-0.4, -0.2) is 44.8 Å². The van der Waals surface area contributed by atoms with Gasteiger partial charge in [-0.15, -0.1) is 5.10 Å². The maximum Gasteiger partial charge on any atom is 0.407 e. The van der Waals surface area contributed by atoms with E-state index in [1.54, 1.807) is 6.92 Å². The van der Waals surface area contributed by atoms with Crippen LogP contribution >= 0.6 is 0 Å². The van der Waals surface area contributed by atoms with Crippen LogP contribution in [0.2, 0.25) is 0 Å². The van der Waals surface area contributed by atoms with E-state index in [-0.39, 0.29) is 11.8 Å². The number of aromatic nitrogens is 3. The van der Waals surface area contributed by atoms with Gasteiger partial charge in [0.05, 0.1) is 18.8 Å². The minimum Gasteiger partial charge on any atom is -0.476 e. The summed E-state index contributed by atoms with van der Waals surface area (Å²) in [5.41, 5.74) is 0.354. The van der Waals surface area contributed by atoms with Gasteiger partial charge in [-0.3, -0.25) is 0 Å². The van der Waals surface area contributed by atoms with Crippen LogP contribution in [0.5, 0.6) is 0 Å². The van der Waals surface area contributed by atoms with Gasteiger partial charge in [0.2, 0.25) is 0 Å². The number of hydrogen-bond donors (Lipinski definition) is 2. The summed E-state index contributed by atoms with van der Waals surface area (Å²) in [6.07, 6.45) is -0.809. The average molecular weight is 226 g/mol. The smallest absolute Gasteiger partial charge is 0.407 e. The molecule has 1 aromatic heterocycles. The topological polar surface area (TPSA) is 106 Å². The predicted molar refractivity (Wildman–Crippen MR) is 50.0 cm³/mol. The number of cyclic esters (lactones) is 1. The first-order chi connectivity index (χ1) is 7.58. The van der Waals surface area contributed by atoms with Gasteiger partial charge >= 0.3 is 12.1 Å². The van der Waals surface area contributed by atoms with Gasteiger partial charge in [-0.05, 0) is 6.92 Å². The van der Waals surface area contributed by atoms with Gasteiger partial charge in [0.25, 0.3) is 0 Å². The molecular formula is C8H10N4O4. The lowest BCUT2D eigenvalue weighted by Gasteiger charge is -2.08. The zero-order valence-corrected chi connectivity index (χ0v) is 8.51. The lowest BCUT2D eigenvalue weighted by molar-refractivity contribution is 0.0689. The number of aromatic carboxylic acids is 1. The number of amides is 1. The molecule has 16 heavy (non-hydrogen) atoms. The lowest BCUT2D eigenvalue weighted by atomic mass is 10.3. The molecule has 86 valence electrons. The highest BCUT2D eigenvalue weighted by Gasteiger charge is 2.25. The number of carboxylic acid groups (broad SMARTS) is 1. The third kappa shape index (κ3) is 1.81. The second-order valence-electron chi connectivity index (χ2n) is 3.42. The van der Waals surface area contributed by atoms with Crippen LogP contribution < -0.4 is 5.32 Å². The third-order valence-electron chi connectivity index (χ3n) is 2.31. The van der Waals surface area contributed by atoms with Crippen molar-refractivity contribution in [2.45, 2.75) is 19.6 Å². The van der Waals surface area contributed by atoms with Crippen molar-refractivity contribution in [2.75, 3.05) is 6.54 Å². The van der Waals surface area contributed by atoms with Crippen LogP contribution in [0, 0.1) is 6.92 Å². The lowest BCUT2D eigenvalue weighted by Crippen LogP contribution is -2.22. The number of nitrogens with one attached hydrogen (secondary N) is 1. The summed E-state index contributed by atoms with van der Waals surface area (Å²) < 4.78 is 6.32. The average Bonchev–Trinajstić information content (AvgIpc) is 2.76. The van der Waals surface area contributed by atoms with E-state index in [4.69, 9.17) is 9.84 Å². The Bertz CT molecular complexity index is 441. The van der Waals surface area contributed by atoms with Crippen LogP contribution in [0.25, 0.3) is 0 Å². The molecule has 2 rings (SSSR count). The maximum absolute atomic E-state index is 10.8. The van der Waals surface area contributed by atoms with Crippen LogP contribution in [0.4, 0.5) is 4.79 Å². The first kappa shape index (κ1) is 10.4. The SMILES string of the molecule is Cc1c(C(=O)O)nnn1CC1CNC(=O)O1. The van der Waals surface area contributed by atoms with Gasteiger partial charge in [-0.1, -0.05) is 5.21 Å². The zero-order valence-electron chi connectivity index (χ0n) is 8.51. The van der Waals surface area contributed by atoms with Crippen molar-refractivity contribution in [1.82, 2.24) is 20.3 Å². The Morgan fingerprint density at radius 2 is 2.50 bits per heavy atom. The van der Waals surface area contributed by atoms with E-state index in [0.29, 0.717) is 18.8 Å². The molecule has 1 aliphatic heterocycles. The Labute approximate surface area is 90.2 Å². The van der Waals surface area contributed by atoms with Crippen molar-refractivity contribution < 1.29 is 19.4 Å². The molecule has 1 unspecified atom stereocenters. The van der Waals surface area contributed by atoms with E-state index in [1.807, 2.05) is 0 Å². The monoisotopic (exact) mass is 226 g/mol. The molecule has 2 heterocycles. The Balaban J connectivity index is 2.10. The van der Waals surface area contributed by atoms with E-state index < -0.39 is 12.1 Å². The van der Waals surface area contributed by atoms with Crippen molar-refractivity contribution in [3.63, 3.8) is 0 Å². The molecule has 8 heteroatoms. The normalized spacial score (nSPS) is 19.3. The number of carbonyl (C=O) groups excluding carboxylic acids is 1. The van der Waals surface area contributed by atoms with Gasteiger partial charge in [0.1, 0.15) is 6.10 Å². The Morgan fingerprint density at radius 1 is 1.75 bits per heavy atom. The summed E-state index contributed by atoms with van der Waals surface area (Å²) in [6, 6.07) is 0. The van der Waals surface area contributed by atoms with E-state index in [9.17, 15) is 9.59 Å². The van der Waals surface area contributed by atoms with Gasteiger partial charge < -0.3 is 15.2 Å². The Kier molecular flexibility index (Phi) is 2.47. The minimum absolute atomic E-state index is 0.0858. The fourth-order valence-corrected chi connectivity index (χ4v) is 1.46. The summed E-state index contributed by atoms with van der Waals surface area (Å²) in [7, 11) is 0.